The van der Waals surface area contributed by atoms with Crippen molar-refractivity contribution in [2.24, 2.45) is 5.92 Å². The lowest BCUT2D eigenvalue weighted by atomic mass is 9.96. The average Bonchev–Trinajstić information content (AvgIpc) is 2.99. The van der Waals surface area contributed by atoms with Crippen LogP contribution in [0.25, 0.3) is 0 Å². The first-order valence-electron chi connectivity index (χ1n) is 5.91. The van der Waals surface area contributed by atoms with Gasteiger partial charge >= 0.3 is 0 Å². The summed E-state index contributed by atoms with van der Waals surface area (Å²) in [6, 6.07) is 2.93. The Bertz CT molecular complexity index is 230. The summed E-state index contributed by atoms with van der Waals surface area (Å²) in [5.41, 5.74) is -0.256. The molecule has 1 atom stereocenters. The molecule has 0 aromatic carbocycles. The summed E-state index contributed by atoms with van der Waals surface area (Å²) in [6.45, 7) is 6.44. The van der Waals surface area contributed by atoms with E-state index in [4.69, 9.17) is 0 Å². The zero-order valence-electron chi connectivity index (χ0n) is 10.0. The Morgan fingerprint density at radius 2 is 2.20 bits per heavy atom. The summed E-state index contributed by atoms with van der Waals surface area (Å²) in [6.07, 6.45) is 3.64. The number of hydrogen-bond acceptors (Lipinski definition) is 3. The first kappa shape index (κ1) is 12.9. The van der Waals surface area contributed by atoms with Crippen LogP contribution in [0.1, 0.15) is 40.0 Å². The Balaban J connectivity index is 2.54. The molecule has 1 unspecified atom stereocenters. The van der Waals surface area contributed by atoms with Gasteiger partial charge in [-0.1, -0.05) is 6.92 Å². The van der Waals surface area contributed by atoms with E-state index in [0.717, 1.165) is 11.5 Å². The van der Waals surface area contributed by atoms with Gasteiger partial charge in [-0.15, -0.1) is 0 Å². The van der Waals surface area contributed by atoms with Crippen molar-refractivity contribution >= 4 is 11.8 Å². The molecule has 0 aliphatic heterocycles. The summed E-state index contributed by atoms with van der Waals surface area (Å²) >= 11 is 1.91. The molecule has 0 radical (unpaired) electrons. The van der Waals surface area contributed by atoms with Gasteiger partial charge in [-0.3, -0.25) is 5.32 Å². The molecule has 86 valence electrons. The predicted octanol–water partition coefficient (Wildman–Crippen LogP) is 2.80. The number of rotatable bonds is 7. The minimum Gasteiger partial charge on any atom is -0.296 e. The van der Waals surface area contributed by atoms with Crippen LogP contribution in [0.15, 0.2) is 0 Å². The highest BCUT2D eigenvalue weighted by molar-refractivity contribution is 7.99. The standard InChI is InChI=1S/C12H22N2S/c1-4-7-15-9-12(8-13,11-5-6-11)14-10(2)3/h10-11,14H,4-7,9H2,1-3H3. The molecule has 0 aromatic rings. The molecule has 0 saturated heterocycles. The maximum Gasteiger partial charge on any atom is 0.118 e. The first-order valence-corrected chi connectivity index (χ1v) is 7.06. The fraction of sp³-hybridized carbons (Fsp3) is 0.917. The van der Waals surface area contributed by atoms with Crippen molar-refractivity contribution in [3.63, 3.8) is 0 Å². The first-order chi connectivity index (χ1) is 7.14. The van der Waals surface area contributed by atoms with Crippen LogP contribution in [0.3, 0.4) is 0 Å². The third-order valence-electron chi connectivity index (χ3n) is 2.70. The molecule has 15 heavy (non-hydrogen) atoms. The molecule has 1 N–H and O–H groups in total. The number of nitriles is 1. The van der Waals surface area contributed by atoms with E-state index in [9.17, 15) is 5.26 Å². The van der Waals surface area contributed by atoms with E-state index in [1.165, 1.54) is 19.3 Å². The van der Waals surface area contributed by atoms with E-state index in [1.807, 2.05) is 11.8 Å². The summed E-state index contributed by atoms with van der Waals surface area (Å²) in [7, 11) is 0. The molecule has 0 amide bonds. The summed E-state index contributed by atoms with van der Waals surface area (Å²) < 4.78 is 0. The molecule has 3 heteroatoms. The van der Waals surface area contributed by atoms with Gasteiger partial charge in [0.15, 0.2) is 0 Å². The Labute approximate surface area is 97.8 Å². The molecule has 1 aliphatic carbocycles. The minimum absolute atomic E-state index is 0.256. The predicted molar refractivity (Wildman–Crippen MR) is 67.0 cm³/mol. The van der Waals surface area contributed by atoms with E-state index in [1.54, 1.807) is 0 Å². The average molecular weight is 226 g/mol. The van der Waals surface area contributed by atoms with Crippen LogP contribution < -0.4 is 5.32 Å². The lowest BCUT2D eigenvalue weighted by Gasteiger charge is -2.30. The smallest absolute Gasteiger partial charge is 0.118 e. The van der Waals surface area contributed by atoms with Crippen molar-refractivity contribution in [2.75, 3.05) is 11.5 Å². The minimum atomic E-state index is -0.256. The highest BCUT2D eigenvalue weighted by Gasteiger charge is 2.45. The topological polar surface area (TPSA) is 35.8 Å². The monoisotopic (exact) mass is 226 g/mol. The second-order valence-electron chi connectivity index (χ2n) is 4.71. The Morgan fingerprint density at radius 1 is 1.53 bits per heavy atom. The highest BCUT2D eigenvalue weighted by Crippen LogP contribution is 2.41. The number of thioether (sulfide) groups is 1. The molecule has 1 saturated carbocycles. The highest BCUT2D eigenvalue weighted by atomic mass is 32.2. The van der Waals surface area contributed by atoms with Crippen molar-refractivity contribution in [3.05, 3.63) is 0 Å². The summed E-state index contributed by atoms with van der Waals surface area (Å²) in [5, 5.41) is 12.9. The summed E-state index contributed by atoms with van der Waals surface area (Å²) in [5.74, 6) is 2.70. The van der Waals surface area contributed by atoms with Crippen LogP contribution in [-0.4, -0.2) is 23.1 Å². The second-order valence-corrected chi connectivity index (χ2v) is 5.81. The van der Waals surface area contributed by atoms with E-state index in [-0.39, 0.29) is 5.54 Å². The quantitative estimate of drug-likeness (QED) is 0.678. The van der Waals surface area contributed by atoms with E-state index >= 15 is 0 Å². The SMILES string of the molecule is CCCSCC(C#N)(NC(C)C)C1CC1. The van der Waals surface area contributed by atoms with Crippen LogP contribution in [0.2, 0.25) is 0 Å². The lowest BCUT2D eigenvalue weighted by Crippen LogP contribution is -2.51. The second kappa shape index (κ2) is 5.77. The molecule has 0 aromatic heterocycles. The van der Waals surface area contributed by atoms with Crippen molar-refractivity contribution < 1.29 is 0 Å². The van der Waals surface area contributed by atoms with Crippen molar-refractivity contribution in [1.82, 2.24) is 5.32 Å². The summed E-state index contributed by atoms with van der Waals surface area (Å²) in [4.78, 5) is 0. The maximum absolute atomic E-state index is 9.41. The van der Waals surface area contributed by atoms with Crippen LogP contribution in [0.4, 0.5) is 0 Å². The van der Waals surface area contributed by atoms with Crippen LogP contribution >= 0.6 is 11.8 Å². The van der Waals surface area contributed by atoms with Crippen molar-refractivity contribution in [2.45, 2.75) is 51.6 Å². The number of nitrogens with one attached hydrogen (secondary N) is 1. The molecule has 0 heterocycles. The zero-order valence-corrected chi connectivity index (χ0v) is 10.9. The van der Waals surface area contributed by atoms with E-state index < -0.39 is 0 Å². The fourth-order valence-corrected chi connectivity index (χ4v) is 3.04. The van der Waals surface area contributed by atoms with Gasteiger partial charge in [-0.25, -0.2) is 0 Å². The fourth-order valence-electron chi connectivity index (χ4n) is 1.90. The molecule has 1 fully saturated rings. The van der Waals surface area contributed by atoms with Gasteiger partial charge in [-0.2, -0.15) is 17.0 Å². The molecular weight excluding hydrogens is 204 g/mol. The zero-order chi connectivity index (χ0) is 11.3. The van der Waals surface area contributed by atoms with Crippen LogP contribution in [-0.2, 0) is 0 Å². The van der Waals surface area contributed by atoms with Crippen LogP contribution in [0.5, 0.6) is 0 Å². The Morgan fingerprint density at radius 3 is 2.60 bits per heavy atom. The van der Waals surface area contributed by atoms with Crippen molar-refractivity contribution in [1.29, 1.82) is 5.26 Å². The lowest BCUT2D eigenvalue weighted by molar-refractivity contribution is 0.370. The molecule has 2 nitrogen and oxygen atoms in total. The Kier molecular flexibility index (Phi) is 4.95. The Hall–Kier alpha value is -0.200. The van der Waals surface area contributed by atoms with Gasteiger partial charge in [0.2, 0.25) is 0 Å². The van der Waals surface area contributed by atoms with Crippen molar-refractivity contribution in [3.8, 4) is 6.07 Å². The third-order valence-corrected chi connectivity index (χ3v) is 4.05. The van der Waals surface area contributed by atoms with Crippen LogP contribution in [0, 0.1) is 17.2 Å². The van der Waals surface area contributed by atoms with E-state index in [2.05, 4.69) is 32.2 Å². The molecule has 1 rings (SSSR count). The molecule has 1 aliphatic rings. The number of hydrogen-bond donors (Lipinski definition) is 1. The van der Waals surface area contributed by atoms with Gasteiger partial charge in [-0.05, 0) is 44.8 Å². The molecule has 0 bridgehead atoms. The van der Waals surface area contributed by atoms with Gasteiger partial charge in [0.1, 0.15) is 5.54 Å². The largest absolute Gasteiger partial charge is 0.296 e. The third kappa shape index (κ3) is 3.70. The molecular formula is C12H22N2S. The van der Waals surface area contributed by atoms with E-state index in [0.29, 0.717) is 12.0 Å². The van der Waals surface area contributed by atoms with Gasteiger partial charge in [0, 0.05) is 11.8 Å². The van der Waals surface area contributed by atoms with Gasteiger partial charge < -0.3 is 0 Å². The number of nitrogens with zero attached hydrogens (tertiary/aromatic N) is 1. The van der Waals surface area contributed by atoms with Gasteiger partial charge in [0.05, 0.1) is 6.07 Å². The normalized spacial score (nSPS) is 19.9. The maximum atomic E-state index is 9.41. The molecule has 0 spiro atoms. The van der Waals surface area contributed by atoms with Gasteiger partial charge in [0.25, 0.3) is 0 Å².